The van der Waals surface area contributed by atoms with Crippen LogP contribution in [0.4, 0.5) is 0 Å². The van der Waals surface area contributed by atoms with Gasteiger partial charge in [-0.3, -0.25) is 0 Å². The first-order valence-corrected chi connectivity index (χ1v) is 8.03. The van der Waals surface area contributed by atoms with Gasteiger partial charge in [-0.2, -0.15) is 35.2 Å². The van der Waals surface area contributed by atoms with Gasteiger partial charge in [0.05, 0.1) is 0 Å². The van der Waals surface area contributed by atoms with Gasteiger partial charge < -0.3 is 0 Å². The van der Waals surface area contributed by atoms with Gasteiger partial charge in [-0.05, 0) is 23.8 Å². The van der Waals surface area contributed by atoms with Crippen molar-refractivity contribution in [2.75, 3.05) is 22.3 Å². The molecule has 62 valence electrons. The Labute approximate surface area is 80.5 Å². The van der Waals surface area contributed by atoms with Gasteiger partial charge >= 0.3 is 0 Å². The molecule has 2 atom stereocenters. The average molecular weight is 214 g/mol. The maximum Gasteiger partial charge on any atom is 0.0263 e. The lowest BCUT2D eigenvalue weighted by Crippen LogP contribution is -2.12. The second-order valence-electron chi connectivity index (χ2n) is 2.48. The maximum absolute atomic E-state index is 4.31. The van der Waals surface area contributed by atoms with E-state index in [2.05, 4.69) is 36.1 Å². The molecule has 0 aromatic heterocycles. The fourth-order valence-corrected chi connectivity index (χ4v) is 6.51. The molecule has 0 amide bonds. The highest BCUT2D eigenvalue weighted by molar-refractivity contribution is 8.86. The number of hydrogen-bond donors (Lipinski definition) is 3. The fraction of sp³-hybridized carbons (Fsp3) is 1.00. The largest absolute Gasteiger partial charge is 0.196 e. The van der Waals surface area contributed by atoms with Crippen LogP contribution in [0.1, 0.15) is 6.42 Å². The highest BCUT2D eigenvalue weighted by Crippen LogP contribution is 2.47. The molecule has 4 heteroatoms. The van der Waals surface area contributed by atoms with Crippen LogP contribution in [0.2, 0.25) is 0 Å². The lowest BCUT2D eigenvalue weighted by atomic mass is 10.1. The molecule has 1 heterocycles. The van der Waals surface area contributed by atoms with E-state index in [1.165, 1.54) is 17.9 Å². The van der Waals surface area contributed by atoms with Crippen molar-refractivity contribution in [2.45, 2.75) is 6.42 Å². The van der Waals surface area contributed by atoms with E-state index in [1.54, 1.807) is 0 Å². The van der Waals surface area contributed by atoms with Crippen molar-refractivity contribution < 1.29 is 0 Å². The third kappa shape index (κ3) is 2.80. The van der Waals surface area contributed by atoms with Crippen LogP contribution in [0.5, 0.6) is 0 Å². The average Bonchev–Trinajstić information content (AvgIpc) is 2.05. The highest BCUT2D eigenvalue weighted by Gasteiger charge is 2.16. The Morgan fingerprint density at radius 1 is 1.50 bits per heavy atom. The van der Waals surface area contributed by atoms with Gasteiger partial charge in [-0.15, -0.1) is 10.8 Å². The first kappa shape index (κ1) is 9.49. The van der Waals surface area contributed by atoms with Crippen molar-refractivity contribution in [2.24, 2.45) is 5.92 Å². The van der Waals surface area contributed by atoms with Crippen LogP contribution >= 0.6 is 46.0 Å². The molecule has 1 aliphatic heterocycles. The second-order valence-corrected chi connectivity index (χ2v) is 8.30. The van der Waals surface area contributed by atoms with Crippen LogP contribution in [0.25, 0.3) is 0 Å². The molecule has 0 radical (unpaired) electrons. The minimum atomic E-state index is 0.245. The van der Waals surface area contributed by atoms with Crippen LogP contribution < -0.4 is 0 Å². The summed E-state index contributed by atoms with van der Waals surface area (Å²) in [5.41, 5.74) is 0. The molecule has 0 bridgehead atoms. The number of rotatable bonds is 2. The van der Waals surface area contributed by atoms with Gasteiger partial charge in [0.15, 0.2) is 0 Å². The van der Waals surface area contributed by atoms with Crippen molar-refractivity contribution in [1.29, 1.82) is 0 Å². The topological polar surface area (TPSA) is 0 Å². The van der Waals surface area contributed by atoms with Crippen LogP contribution in [0, 0.1) is 5.92 Å². The van der Waals surface area contributed by atoms with Gasteiger partial charge in [0.25, 0.3) is 0 Å². The predicted octanol–water partition coefficient (Wildman–Crippen LogP) is 2.47. The predicted molar refractivity (Wildman–Crippen MR) is 62.1 cm³/mol. The first-order chi connectivity index (χ1) is 4.86. The van der Waals surface area contributed by atoms with Gasteiger partial charge in [0, 0.05) is 10.8 Å². The monoisotopic (exact) mass is 214 g/mol. The summed E-state index contributed by atoms with van der Waals surface area (Å²) in [5.74, 6) is 4.69. The van der Waals surface area contributed by atoms with E-state index in [4.69, 9.17) is 0 Å². The van der Waals surface area contributed by atoms with Gasteiger partial charge in [-0.25, -0.2) is 0 Å². The fourth-order valence-electron chi connectivity index (χ4n) is 0.941. The van der Waals surface area contributed by atoms with Gasteiger partial charge in [-0.1, -0.05) is 0 Å². The van der Waals surface area contributed by atoms with Crippen molar-refractivity contribution in [3.05, 3.63) is 0 Å². The minimum absolute atomic E-state index is 0.245. The number of hydrogen-bond acceptors (Lipinski definition) is 3. The molecule has 1 fully saturated rings. The quantitative estimate of drug-likeness (QED) is 0.469. The summed E-state index contributed by atoms with van der Waals surface area (Å²) < 4.78 is 0. The van der Waals surface area contributed by atoms with Crippen molar-refractivity contribution in [3.8, 4) is 0 Å². The Bertz CT molecular complexity index is 75.7. The standard InChI is InChI=1S/C6H14S4/c7-3-6-1-2-10(5-8)9-4-6/h6-8,10H,1-5H2. The summed E-state index contributed by atoms with van der Waals surface area (Å²) in [4.78, 5) is 0. The molecule has 0 aromatic rings. The third-order valence-corrected chi connectivity index (χ3v) is 8.35. The lowest BCUT2D eigenvalue weighted by molar-refractivity contribution is 0.653. The van der Waals surface area contributed by atoms with Crippen molar-refractivity contribution >= 4 is 46.0 Å². The Hall–Kier alpha value is 1.40. The molecule has 1 rings (SSSR count). The summed E-state index contributed by atoms with van der Waals surface area (Å²) in [6.45, 7) is 0. The van der Waals surface area contributed by atoms with Gasteiger partial charge in [0.2, 0.25) is 0 Å². The summed E-state index contributed by atoms with van der Waals surface area (Å²) in [6, 6.07) is 0. The smallest absolute Gasteiger partial charge is 0.0263 e. The summed E-state index contributed by atoms with van der Waals surface area (Å²) in [5, 5.41) is 1.11. The summed E-state index contributed by atoms with van der Waals surface area (Å²) >= 11 is 8.61. The molecular formula is C6H14S4. The molecule has 0 aromatic carbocycles. The molecular weight excluding hydrogens is 200 g/mol. The van der Waals surface area contributed by atoms with E-state index >= 15 is 0 Å². The molecule has 1 saturated heterocycles. The SMILES string of the molecule is SCC1CC[SH](CS)SC1. The third-order valence-electron chi connectivity index (χ3n) is 1.70. The summed E-state index contributed by atoms with van der Waals surface area (Å²) in [7, 11) is 2.38. The zero-order valence-corrected chi connectivity index (χ0v) is 9.36. The second kappa shape index (κ2) is 5.12. The molecule has 0 aliphatic carbocycles. The maximum atomic E-state index is 4.31. The van der Waals surface area contributed by atoms with E-state index in [0.717, 1.165) is 16.8 Å². The molecule has 0 N–H and O–H groups in total. The molecule has 1 aliphatic rings. The Morgan fingerprint density at radius 3 is 2.70 bits per heavy atom. The number of thiol groups is 3. The van der Waals surface area contributed by atoms with E-state index in [0.29, 0.717) is 0 Å². The Morgan fingerprint density at radius 2 is 2.30 bits per heavy atom. The first-order valence-electron chi connectivity index (χ1n) is 3.46. The summed E-state index contributed by atoms with van der Waals surface area (Å²) in [6.07, 6.45) is 1.39. The van der Waals surface area contributed by atoms with Crippen LogP contribution in [-0.4, -0.2) is 22.3 Å². The zero-order chi connectivity index (χ0) is 7.40. The van der Waals surface area contributed by atoms with Crippen LogP contribution in [0.15, 0.2) is 0 Å². The molecule has 0 saturated carbocycles. The Kier molecular flexibility index (Phi) is 4.86. The van der Waals surface area contributed by atoms with E-state index < -0.39 is 0 Å². The zero-order valence-electron chi connectivity index (χ0n) is 5.86. The van der Waals surface area contributed by atoms with E-state index in [9.17, 15) is 0 Å². The Balaban J connectivity index is 2.17. The van der Waals surface area contributed by atoms with E-state index in [-0.39, 0.29) is 9.93 Å². The lowest BCUT2D eigenvalue weighted by Gasteiger charge is -2.28. The minimum Gasteiger partial charge on any atom is -0.196 e. The van der Waals surface area contributed by atoms with Gasteiger partial charge in [0.1, 0.15) is 0 Å². The highest BCUT2D eigenvalue weighted by atomic mass is 33.1. The van der Waals surface area contributed by atoms with Crippen LogP contribution in [0.3, 0.4) is 0 Å². The molecule has 2 unspecified atom stereocenters. The molecule has 10 heavy (non-hydrogen) atoms. The van der Waals surface area contributed by atoms with E-state index in [1.807, 2.05) is 0 Å². The van der Waals surface area contributed by atoms with Crippen molar-refractivity contribution in [3.63, 3.8) is 0 Å². The van der Waals surface area contributed by atoms with Crippen molar-refractivity contribution in [1.82, 2.24) is 0 Å². The normalized spacial score (nSPS) is 37.8. The van der Waals surface area contributed by atoms with Crippen LogP contribution in [-0.2, 0) is 0 Å². The molecule has 0 spiro atoms. The molecule has 0 nitrogen and oxygen atoms in total.